The van der Waals surface area contributed by atoms with Crippen molar-refractivity contribution in [1.82, 2.24) is 9.88 Å². The van der Waals surface area contributed by atoms with E-state index in [9.17, 15) is 5.11 Å². The third kappa shape index (κ3) is 4.77. The van der Waals surface area contributed by atoms with E-state index >= 15 is 0 Å². The lowest BCUT2D eigenvalue weighted by molar-refractivity contribution is -0.0690. The molecule has 1 N–H and O–H groups in total. The van der Waals surface area contributed by atoms with Crippen LogP contribution in [0.2, 0.25) is 0 Å². The van der Waals surface area contributed by atoms with Gasteiger partial charge in [0.1, 0.15) is 0 Å². The smallest absolute Gasteiger partial charge is 0.0997 e. The van der Waals surface area contributed by atoms with E-state index in [0.717, 1.165) is 37.1 Å². The molecule has 4 nitrogen and oxygen atoms in total. The zero-order valence-electron chi connectivity index (χ0n) is 13.7. The maximum absolute atomic E-state index is 9.22. The number of aromatic nitrogens is 1. The predicted molar refractivity (Wildman–Crippen MR) is 84.1 cm³/mol. The van der Waals surface area contributed by atoms with Gasteiger partial charge in [-0.25, -0.2) is 0 Å². The van der Waals surface area contributed by atoms with Gasteiger partial charge in [-0.1, -0.05) is 0 Å². The van der Waals surface area contributed by atoms with Gasteiger partial charge in [0.25, 0.3) is 0 Å². The number of rotatable bonds is 4. The molecule has 4 heteroatoms. The number of likely N-dealkylation sites (tertiary alicyclic amines) is 1. The minimum Gasteiger partial charge on any atom is -0.392 e. The lowest BCUT2D eigenvalue weighted by Crippen LogP contribution is -2.37. The molecule has 0 bridgehead atoms. The van der Waals surface area contributed by atoms with Crippen molar-refractivity contribution in [3.8, 4) is 0 Å². The molecule has 1 aliphatic rings. The van der Waals surface area contributed by atoms with Crippen molar-refractivity contribution in [1.29, 1.82) is 0 Å². The van der Waals surface area contributed by atoms with Crippen molar-refractivity contribution < 1.29 is 9.84 Å². The average Bonchev–Trinajstić information content (AvgIpc) is 2.45. The van der Waals surface area contributed by atoms with Crippen LogP contribution in [0.15, 0.2) is 12.3 Å². The number of hydrogen-bond acceptors (Lipinski definition) is 4. The molecule has 0 spiro atoms. The van der Waals surface area contributed by atoms with E-state index in [-0.39, 0.29) is 12.2 Å². The first-order chi connectivity index (χ1) is 9.89. The highest BCUT2D eigenvalue weighted by Gasteiger charge is 2.23. The summed E-state index contributed by atoms with van der Waals surface area (Å²) >= 11 is 0. The van der Waals surface area contributed by atoms with Crippen LogP contribution >= 0.6 is 0 Å². The lowest BCUT2D eigenvalue weighted by atomic mass is 9.92. The summed E-state index contributed by atoms with van der Waals surface area (Å²) in [5, 5.41) is 9.22. The zero-order chi connectivity index (χ0) is 15.5. The van der Waals surface area contributed by atoms with Crippen molar-refractivity contribution in [2.24, 2.45) is 0 Å². The summed E-state index contributed by atoms with van der Waals surface area (Å²) in [5.74, 6) is 0.530. The third-order valence-corrected chi connectivity index (χ3v) is 4.10. The molecule has 118 valence electrons. The number of aryl methyl sites for hydroxylation is 1. The van der Waals surface area contributed by atoms with Crippen molar-refractivity contribution in [3.05, 3.63) is 29.1 Å². The number of nitrogens with zero attached hydrogens (tertiary/aromatic N) is 2. The molecule has 1 fully saturated rings. The quantitative estimate of drug-likeness (QED) is 0.927. The van der Waals surface area contributed by atoms with Crippen molar-refractivity contribution in [2.75, 3.05) is 19.8 Å². The summed E-state index contributed by atoms with van der Waals surface area (Å²) < 4.78 is 5.84. The Morgan fingerprint density at radius 3 is 2.52 bits per heavy atom. The second-order valence-corrected chi connectivity index (χ2v) is 6.97. The summed E-state index contributed by atoms with van der Waals surface area (Å²) in [6.45, 7) is 11.2. The van der Waals surface area contributed by atoms with E-state index in [1.807, 2.05) is 13.1 Å². The average molecular weight is 292 g/mol. The van der Waals surface area contributed by atoms with Crippen molar-refractivity contribution >= 4 is 0 Å². The number of aliphatic hydroxyl groups is 1. The number of pyridine rings is 1. The Kier molecular flexibility index (Phi) is 5.36. The van der Waals surface area contributed by atoms with E-state index in [4.69, 9.17) is 4.74 Å². The van der Waals surface area contributed by atoms with Gasteiger partial charge in [0, 0.05) is 30.9 Å². The summed E-state index contributed by atoms with van der Waals surface area (Å²) in [4.78, 5) is 6.91. The van der Waals surface area contributed by atoms with E-state index in [2.05, 4.69) is 36.7 Å². The second-order valence-electron chi connectivity index (χ2n) is 6.97. The van der Waals surface area contributed by atoms with E-state index in [1.165, 1.54) is 5.69 Å². The number of piperidine rings is 1. The van der Waals surface area contributed by atoms with Gasteiger partial charge in [0.2, 0.25) is 0 Å². The standard InChI is InChI=1S/C17H28N2O2/c1-13-9-16(18-10-15(13)11-20)14-5-7-19(8-6-14)12-21-17(2,3)4/h9-10,14,20H,5-8,11-12H2,1-4H3. The molecule has 0 saturated carbocycles. The largest absolute Gasteiger partial charge is 0.392 e. The Morgan fingerprint density at radius 1 is 1.33 bits per heavy atom. The SMILES string of the molecule is Cc1cc(C2CCN(COC(C)(C)C)CC2)ncc1CO. The van der Waals surface area contributed by atoms with E-state index < -0.39 is 0 Å². The van der Waals surface area contributed by atoms with Gasteiger partial charge in [0.15, 0.2) is 0 Å². The fourth-order valence-corrected chi connectivity index (χ4v) is 2.64. The summed E-state index contributed by atoms with van der Waals surface area (Å²) in [7, 11) is 0. The van der Waals surface area contributed by atoms with Crippen LogP contribution in [0.3, 0.4) is 0 Å². The lowest BCUT2D eigenvalue weighted by Gasteiger charge is -2.33. The molecular weight excluding hydrogens is 264 g/mol. The number of hydrogen-bond donors (Lipinski definition) is 1. The molecule has 2 rings (SSSR count). The maximum Gasteiger partial charge on any atom is 0.0997 e. The first-order valence-corrected chi connectivity index (χ1v) is 7.81. The summed E-state index contributed by atoms with van der Waals surface area (Å²) in [5.41, 5.74) is 3.16. The van der Waals surface area contributed by atoms with Crippen LogP contribution in [0.4, 0.5) is 0 Å². The predicted octanol–water partition coefficient (Wildman–Crippen LogP) is 2.83. The number of aliphatic hydroxyl groups excluding tert-OH is 1. The van der Waals surface area contributed by atoms with Crippen LogP contribution in [0.25, 0.3) is 0 Å². The van der Waals surface area contributed by atoms with Crippen LogP contribution in [0.5, 0.6) is 0 Å². The first kappa shape index (κ1) is 16.4. The molecule has 2 heterocycles. The first-order valence-electron chi connectivity index (χ1n) is 7.81. The molecule has 1 aromatic rings. The number of ether oxygens (including phenoxy) is 1. The molecule has 0 amide bonds. The van der Waals surface area contributed by atoms with Crippen LogP contribution in [-0.4, -0.2) is 40.4 Å². The topological polar surface area (TPSA) is 45.6 Å². The normalized spacial score (nSPS) is 18.1. The van der Waals surface area contributed by atoms with Gasteiger partial charge < -0.3 is 9.84 Å². The molecule has 21 heavy (non-hydrogen) atoms. The van der Waals surface area contributed by atoms with Gasteiger partial charge >= 0.3 is 0 Å². The van der Waals surface area contributed by atoms with Gasteiger partial charge in [-0.3, -0.25) is 9.88 Å². The molecule has 0 aromatic carbocycles. The molecule has 0 aliphatic carbocycles. The van der Waals surface area contributed by atoms with Gasteiger partial charge in [0.05, 0.1) is 18.9 Å². The molecule has 0 unspecified atom stereocenters. The highest BCUT2D eigenvalue weighted by molar-refractivity contribution is 5.26. The monoisotopic (exact) mass is 292 g/mol. The molecule has 1 aliphatic heterocycles. The minimum atomic E-state index is -0.0738. The Labute approximate surface area is 128 Å². The Hall–Kier alpha value is -0.970. The zero-order valence-corrected chi connectivity index (χ0v) is 13.7. The van der Waals surface area contributed by atoms with Crippen LogP contribution in [0.1, 0.15) is 56.4 Å². The van der Waals surface area contributed by atoms with Crippen LogP contribution in [0, 0.1) is 6.92 Å². The van der Waals surface area contributed by atoms with Crippen LogP contribution < -0.4 is 0 Å². The van der Waals surface area contributed by atoms with Gasteiger partial charge in [-0.2, -0.15) is 0 Å². The molecule has 1 aromatic heterocycles. The van der Waals surface area contributed by atoms with Gasteiger partial charge in [-0.05, 0) is 57.7 Å². The van der Waals surface area contributed by atoms with E-state index in [0.29, 0.717) is 12.6 Å². The van der Waals surface area contributed by atoms with Gasteiger partial charge in [-0.15, -0.1) is 0 Å². The fourth-order valence-electron chi connectivity index (χ4n) is 2.64. The Morgan fingerprint density at radius 2 is 2.00 bits per heavy atom. The molecule has 0 atom stereocenters. The minimum absolute atomic E-state index is 0.0711. The Balaban J connectivity index is 1.87. The fraction of sp³-hybridized carbons (Fsp3) is 0.706. The summed E-state index contributed by atoms with van der Waals surface area (Å²) in [6, 6.07) is 2.14. The second kappa shape index (κ2) is 6.86. The molecule has 1 saturated heterocycles. The van der Waals surface area contributed by atoms with Crippen molar-refractivity contribution in [3.63, 3.8) is 0 Å². The van der Waals surface area contributed by atoms with Crippen LogP contribution in [-0.2, 0) is 11.3 Å². The van der Waals surface area contributed by atoms with Crippen molar-refractivity contribution in [2.45, 2.75) is 58.7 Å². The maximum atomic E-state index is 9.22. The highest BCUT2D eigenvalue weighted by atomic mass is 16.5. The third-order valence-electron chi connectivity index (χ3n) is 4.10. The molecular formula is C17H28N2O2. The molecule has 0 radical (unpaired) electrons. The Bertz CT molecular complexity index is 460. The summed E-state index contributed by atoms with van der Waals surface area (Å²) in [6.07, 6.45) is 4.07. The van der Waals surface area contributed by atoms with E-state index in [1.54, 1.807) is 0 Å². The highest BCUT2D eigenvalue weighted by Crippen LogP contribution is 2.28.